The van der Waals surface area contributed by atoms with E-state index in [0.29, 0.717) is 11.1 Å². The van der Waals surface area contributed by atoms with Crippen LogP contribution in [-0.2, 0) is 6.42 Å². The van der Waals surface area contributed by atoms with Crippen molar-refractivity contribution in [2.24, 2.45) is 0 Å². The highest BCUT2D eigenvalue weighted by molar-refractivity contribution is 9.10. The van der Waals surface area contributed by atoms with E-state index in [4.69, 9.17) is 5.26 Å². The van der Waals surface area contributed by atoms with E-state index in [1.165, 1.54) is 6.07 Å². The van der Waals surface area contributed by atoms with Crippen LogP contribution in [0, 0.1) is 17.1 Å². The Morgan fingerprint density at radius 1 is 1.17 bits per heavy atom. The first-order valence-corrected chi connectivity index (χ1v) is 6.43. The van der Waals surface area contributed by atoms with Crippen molar-refractivity contribution >= 4 is 15.9 Å². The molecule has 0 fully saturated rings. The lowest BCUT2D eigenvalue weighted by Gasteiger charge is -2.10. The average molecular weight is 304 g/mol. The van der Waals surface area contributed by atoms with Crippen LogP contribution in [-0.4, -0.2) is 0 Å². The molecule has 0 bridgehead atoms. The molecule has 0 aliphatic carbocycles. The maximum Gasteiger partial charge on any atom is 0.132 e. The minimum absolute atomic E-state index is 0.339. The van der Waals surface area contributed by atoms with E-state index in [1.54, 1.807) is 12.1 Å². The maximum absolute atomic E-state index is 14.0. The van der Waals surface area contributed by atoms with Gasteiger partial charge < -0.3 is 0 Å². The molecule has 0 N–H and O–H groups in total. The molecule has 0 radical (unpaired) electrons. The molecule has 2 rings (SSSR count). The van der Waals surface area contributed by atoms with E-state index in [1.807, 2.05) is 31.2 Å². The summed E-state index contributed by atoms with van der Waals surface area (Å²) >= 11 is 3.41. The summed E-state index contributed by atoms with van der Waals surface area (Å²) in [6.45, 7) is 2.03. The summed E-state index contributed by atoms with van der Waals surface area (Å²) in [7, 11) is 0. The molecular formula is C15H11BrFN. The highest BCUT2D eigenvalue weighted by Gasteiger charge is 2.10. The lowest BCUT2D eigenvalue weighted by molar-refractivity contribution is 0.630. The highest BCUT2D eigenvalue weighted by atomic mass is 79.9. The van der Waals surface area contributed by atoms with Gasteiger partial charge in [-0.1, -0.05) is 35.0 Å². The number of aryl methyl sites for hydroxylation is 1. The minimum Gasteiger partial charge on any atom is -0.206 e. The van der Waals surface area contributed by atoms with Crippen LogP contribution in [0.15, 0.2) is 40.9 Å². The van der Waals surface area contributed by atoms with Gasteiger partial charge in [-0.3, -0.25) is 0 Å². The van der Waals surface area contributed by atoms with Crippen molar-refractivity contribution in [2.45, 2.75) is 13.3 Å². The molecular weight excluding hydrogens is 293 g/mol. The summed E-state index contributed by atoms with van der Waals surface area (Å²) in [6, 6.07) is 12.3. The van der Waals surface area contributed by atoms with E-state index < -0.39 is 0 Å². The van der Waals surface area contributed by atoms with Gasteiger partial charge in [-0.15, -0.1) is 0 Å². The first-order chi connectivity index (χ1) is 8.65. The largest absolute Gasteiger partial charge is 0.206 e. The van der Waals surface area contributed by atoms with Crippen molar-refractivity contribution in [3.63, 3.8) is 0 Å². The summed E-state index contributed by atoms with van der Waals surface area (Å²) in [5.74, 6) is -0.355. The quantitative estimate of drug-likeness (QED) is 0.789. The predicted molar refractivity (Wildman–Crippen MR) is 73.6 cm³/mol. The molecule has 18 heavy (non-hydrogen) atoms. The van der Waals surface area contributed by atoms with Crippen LogP contribution in [0.3, 0.4) is 0 Å². The van der Waals surface area contributed by atoms with Gasteiger partial charge in [-0.2, -0.15) is 5.26 Å². The van der Waals surface area contributed by atoms with Gasteiger partial charge in [0, 0.05) is 10.0 Å². The van der Waals surface area contributed by atoms with Gasteiger partial charge in [0.25, 0.3) is 0 Å². The van der Waals surface area contributed by atoms with Crippen LogP contribution in [0.5, 0.6) is 0 Å². The monoisotopic (exact) mass is 303 g/mol. The maximum atomic E-state index is 14.0. The smallest absolute Gasteiger partial charge is 0.132 e. The number of nitrogens with zero attached hydrogens (tertiary/aromatic N) is 1. The summed E-state index contributed by atoms with van der Waals surface area (Å²) in [4.78, 5) is 0. The van der Waals surface area contributed by atoms with Gasteiger partial charge in [0.2, 0.25) is 0 Å². The standard InChI is InChI=1S/C15H11BrFN/c1-2-11-8-12(16)4-6-13(11)14-5-3-10(9-18)7-15(14)17/h3-8H,2H2,1H3. The Bertz CT molecular complexity index is 629. The molecule has 0 aliphatic rings. The molecule has 0 unspecified atom stereocenters. The average Bonchev–Trinajstić information content (AvgIpc) is 2.39. The van der Waals surface area contributed by atoms with Crippen molar-refractivity contribution in [3.8, 4) is 17.2 Å². The van der Waals surface area contributed by atoms with E-state index in [2.05, 4.69) is 15.9 Å². The Balaban J connectivity index is 2.59. The molecule has 0 saturated heterocycles. The topological polar surface area (TPSA) is 23.8 Å². The molecule has 0 heterocycles. The lowest BCUT2D eigenvalue weighted by atomic mass is 9.97. The molecule has 0 atom stereocenters. The SMILES string of the molecule is CCc1cc(Br)ccc1-c1ccc(C#N)cc1F. The fraction of sp³-hybridized carbons (Fsp3) is 0.133. The van der Waals surface area contributed by atoms with Crippen LogP contribution in [0.1, 0.15) is 18.1 Å². The van der Waals surface area contributed by atoms with Crippen LogP contribution >= 0.6 is 15.9 Å². The Labute approximate surface area is 114 Å². The minimum atomic E-state index is -0.355. The van der Waals surface area contributed by atoms with Crippen LogP contribution in [0.25, 0.3) is 11.1 Å². The summed E-state index contributed by atoms with van der Waals surface area (Å²) in [5.41, 5.74) is 2.83. The van der Waals surface area contributed by atoms with Gasteiger partial charge in [0.1, 0.15) is 5.82 Å². The van der Waals surface area contributed by atoms with Gasteiger partial charge in [-0.25, -0.2) is 4.39 Å². The highest BCUT2D eigenvalue weighted by Crippen LogP contribution is 2.29. The Kier molecular flexibility index (Phi) is 3.78. The number of benzene rings is 2. The van der Waals surface area contributed by atoms with Crippen molar-refractivity contribution in [1.82, 2.24) is 0 Å². The molecule has 0 aliphatic heterocycles. The van der Waals surface area contributed by atoms with Gasteiger partial charge >= 0.3 is 0 Å². The molecule has 0 saturated carbocycles. The lowest BCUT2D eigenvalue weighted by Crippen LogP contribution is -1.92. The number of halogens is 2. The number of rotatable bonds is 2. The first-order valence-electron chi connectivity index (χ1n) is 5.64. The van der Waals surface area contributed by atoms with Crippen LogP contribution in [0.4, 0.5) is 4.39 Å². The van der Waals surface area contributed by atoms with Gasteiger partial charge in [0.15, 0.2) is 0 Å². The van der Waals surface area contributed by atoms with E-state index in [0.717, 1.165) is 22.0 Å². The van der Waals surface area contributed by atoms with E-state index >= 15 is 0 Å². The Morgan fingerprint density at radius 2 is 1.89 bits per heavy atom. The molecule has 0 spiro atoms. The van der Waals surface area contributed by atoms with Crippen molar-refractivity contribution < 1.29 is 4.39 Å². The summed E-state index contributed by atoms with van der Waals surface area (Å²) < 4.78 is 15.0. The van der Waals surface area contributed by atoms with Gasteiger partial charge in [0.05, 0.1) is 11.6 Å². The van der Waals surface area contributed by atoms with E-state index in [-0.39, 0.29) is 5.82 Å². The second kappa shape index (κ2) is 5.32. The first kappa shape index (κ1) is 12.8. The zero-order chi connectivity index (χ0) is 13.1. The Hall–Kier alpha value is -1.66. The Morgan fingerprint density at radius 3 is 2.50 bits per heavy atom. The summed E-state index contributed by atoms with van der Waals surface area (Å²) in [5, 5.41) is 8.74. The third-order valence-corrected chi connectivity index (χ3v) is 3.33. The molecule has 2 aromatic rings. The number of hydrogen-bond acceptors (Lipinski definition) is 1. The molecule has 90 valence electrons. The van der Waals surface area contributed by atoms with E-state index in [9.17, 15) is 4.39 Å². The number of nitriles is 1. The molecule has 0 amide bonds. The zero-order valence-electron chi connectivity index (χ0n) is 9.87. The van der Waals surface area contributed by atoms with Crippen LogP contribution in [0.2, 0.25) is 0 Å². The normalized spacial score (nSPS) is 10.1. The third kappa shape index (κ3) is 2.44. The summed E-state index contributed by atoms with van der Waals surface area (Å²) in [6.07, 6.45) is 0.828. The molecule has 3 heteroatoms. The van der Waals surface area contributed by atoms with Crippen molar-refractivity contribution in [3.05, 3.63) is 57.8 Å². The fourth-order valence-electron chi connectivity index (χ4n) is 1.92. The van der Waals surface area contributed by atoms with Crippen molar-refractivity contribution in [2.75, 3.05) is 0 Å². The fourth-order valence-corrected chi connectivity index (χ4v) is 2.33. The van der Waals surface area contributed by atoms with Gasteiger partial charge in [-0.05, 0) is 41.8 Å². The number of hydrogen-bond donors (Lipinski definition) is 0. The van der Waals surface area contributed by atoms with Crippen LogP contribution < -0.4 is 0 Å². The third-order valence-electron chi connectivity index (χ3n) is 2.84. The second-order valence-corrected chi connectivity index (χ2v) is 4.88. The predicted octanol–water partition coefficient (Wildman–Crippen LogP) is 4.69. The zero-order valence-corrected chi connectivity index (χ0v) is 11.5. The van der Waals surface area contributed by atoms with Crippen molar-refractivity contribution in [1.29, 1.82) is 5.26 Å². The molecule has 1 nitrogen and oxygen atoms in total. The molecule has 2 aromatic carbocycles. The molecule has 0 aromatic heterocycles. The second-order valence-electron chi connectivity index (χ2n) is 3.96.